The number of methoxy groups -OCH3 is 1. The van der Waals surface area contributed by atoms with Crippen LogP contribution in [0.1, 0.15) is 37.3 Å². The second-order valence-corrected chi connectivity index (χ2v) is 8.17. The van der Waals surface area contributed by atoms with E-state index in [2.05, 4.69) is 60.4 Å². The second-order valence-electron chi connectivity index (χ2n) is 6.46. The van der Waals surface area contributed by atoms with Crippen molar-refractivity contribution in [2.75, 3.05) is 7.11 Å². The summed E-state index contributed by atoms with van der Waals surface area (Å²) in [5.74, 6) is 0.888. The molecule has 2 nitrogen and oxygen atoms in total. The van der Waals surface area contributed by atoms with E-state index in [1.165, 1.54) is 28.9 Å². The Morgan fingerprint density at radius 2 is 1.85 bits per heavy atom. The van der Waals surface area contributed by atoms with Gasteiger partial charge in [-0.05, 0) is 35.8 Å². The Hall–Kier alpha value is -1.78. The highest BCUT2D eigenvalue weighted by molar-refractivity contribution is 8.26. The standard InChI is InChI=1S/C22H25NOS2/c1-3-4-10-20-21(15-17-8-6-5-7-9-17)26-22(25)23(20)16-18-11-13-19(24-2)14-12-18/h5-9,11-15,20H,3-4,10,16H2,1-2H3/b21-15-. The van der Waals surface area contributed by atoms with Gasteiger partial charge < -0.3 is 9.64 Å². The Labute approximate surface area is 166 Å². The fraction of sp³-hybridized carbons (Fsp3) is 0.318. The molecule has 0 aliphatic carbocycles. The Kier molecular flexibility index (Phi) is 6.75. The van der Waals surface area contributed by atoms with Crippen molar-refractivity contribution in [3.8, 4) is 5.75 Å². The predicted molar refractivity (Wildman–Crippen MR) is 116 cm³/mol. The van der Waals surface area contributed by atoms with Crippen LogP contribution in [0.4, 0.5) is 0 Å². The Morgan fingerprint density at radius 3 is 2.50 bits per heavy atom. The van der Waals surface area contributed by atoms with Gasteiger partial charge in [0.1, 0.15) is 10.1 Å². The molecule has 1 unspecified atom stereocenters. The van der Waals surface area contributed by atoms with Crippen LogP contribution in [-0.4, -0.2) is 22.4 Å². The third-order valence-corrected chi connectivity index (χ3v) is 6.12. The van der Waals surface area contributed by atoms with Gasteiger partial charge in [0.15, 0.2) is 0 Å². The normalized spacial score (nSPS) is 18.5. The zero-order chi connectivity index (χ0) is 18.4. The van der Waals surface area contributed by atoms with Crippen molar-refractivity contribution < 1.29 is 4.74 Å². The van der Waals surface area contributed by atoms with E-state index in [-0.39, 0.29) is 0 Å². The van der Waals surface area contributed by atoms with Gasteiger partial charge in [0.05, 0.1) is 13.2 Å². The highest BCUT2D eigenvalue weighted by Crippen LogP contribution is 2.40. The van der Waals surface area contributed by atoms with Crippen molar-refractivity contribution in [1.82, 2.24) is 4.90 Å². The van der Waals surface area contributed by atoms with Crippen LogP contribution in [0.25, 0.3) is 6.08 Å². The smallest absolute Gasteiger partial charge is 0.141 e. The van der Waals surface area contributed by atoms with Gasteiger partial charge in [-0.25, -0.2) is 0 Å². The fourth-order valence-electron chi connectivity index (χ4n) is 3.15. The van der Waals surface area contributed by atoms with Crippen LogP contribution >= 0.6 is 24.0 Å². The molecule has 1 aliphatic heterocycles. The average molecular weight is 384 g/mol. The summed E-state index contributed by atoms with van der Waals surface area (Å²) < 4.78 is 6.24. The number of nitrogens with zero attached hydrogens (tertiary/aromatic N) is 1. The van der Waals surface area contributed by atoms with Gasteiger partial charge in [0, 0.05) is 11.4 Å². The highest BCUT2D eigenvalue weighted by Gasteiger charge is 2.33. The van der Waals surface area contributed by atoms with Crippen LogP contribution < -0.4 is 4.74 Å². The van der Waals surface area contributed by atoms with Crippen LogP contribution in [-0.2, 0) is 6.54 Å². The lowest BCUT2D eigenvalue weighted by Crippen LogP contribution is -2.32. The van der Waals surface area contributed by atoms with Gasteiger partial charge in [-0.15, -0.1) is 0 Å². The van der Waals surface area contributed by atoms with Crippen LogP contribution in [0.3, 0.4) is 0 Å². The molecule has 0 N–H and O–H groups in total. The van der Waals surface area contributed by atoms with Gasteiger partial charge in [-0.1, -0.05) is 86.2 Å². The molecule has 1 fully saturated rings. The fourth-order valence-corrected chi connectivity index (χ4v) is 4.71. The molecule has 0 bridgehead atoms. The maximum absolute atomic E-state index is 5.73. The summed E-state index contributed by atoms with van der Waals surface area (Å²) in [5.41, 5.74) is 2.50. The molecular formula is C22H25NOS2. The Morgan fingerprint density at radius 1 is 1.12 bits per heavy atom. The quantitative estimate of drug-likeness (QED) is 0.533. The maximum atomic E-state index is 5.73. The summed E-state index contributed by atoms with van der Waals surface area (Å²) in [5, 5.41) is 0. The van der Waals surface area contributed by atoms with Crippen molar-refractivity contribution in [3.05, 3.63) is 70.6 Å². The third-order valence-electron chi connectivity index (χ3n) is 4.60. The van der Waals surface area contributed by atoms with E-state index in [1.54, 1.807) is 18.9 Å². The van der Waals surface area contributed by atoms with E-state index in [9.17, 15) is 0 Å². The molecule has 136 valence electrons. The zero-order valence-electron chi connectivity index (χ0n) is 15.4. The lowest BCUT2D eigenvalue weighted by molar-refractivity contribution is 0.344. The lowest BCUT2D eigenvalue weighted by atomic mass is 10.1. The van der Waals surface area contributed by atoms with Crippen molar-refractivity contribution in [3.63, 3.8) is 0 Å². The van der Waals surface area contributed by atoms with Crippen LogP contribution in [0, 0.1) is 0 Å². The molecule has 2 aromatic carbocycles. The SMILES string of the molecule is CCCCC1/C(=C/c2ccccc2)SC(=S)N1Cc1ccc(OC)cc1. The van der Waals surface area contributed by atoms with E-state index in [0.717, 1.165) is 23.0 Å². The second kappa shape index (κ2) is 9.24. The molecule has 2 aromatic rings. The minimum Gasteiger partial charge on any atom is -0.497 e. The number of benzene rings is 2. The molecule has 1 saturated heterocycles. The molecule has 1 heterocycles. The van der Waals surface area contributed by atoms with Crippen molar-refractivity contribution >= 4 is 34.4 Å². The van der Waals surface area contributed by atoms with E-state index in [1.807, 2.05) is 12.1 Å². The van der Waals surface area contributed by atoms with Gasteiger partial charge in [0.25, 0.3) is 0 Å². The third kappa shape index (κ3) is 4.68. The van der Waals surface area contributed by atoms with E-state index in [4.69, 9.17) is 17.0 Å². The topological polar surface area (TPSA) is 12.5 Å². The first kappa shape index (κ1) is 19.0. The molecular weight excluding hydrogens is 358 g/mol. The number of hydrogen-bond donors (Lipinski definition) is 0. The van der Waals surface area contributed by atoms with E-state index >= 15 is 0 Å². The largest absolute Gasteiger partial charge is 0.497 e. The molecule has 0 saturated carbocycles. The summed E-state index contributed by atoms with van der Waals surface area (Å²) in [7, 11) is 1.70. The molecule has 0 amide bonds. The van der Waals surface area contributed by atoms with Gasteiger partial charge in [-0.2, -0.15) is 0 Å². The molecule has 1 atom stereocenters. The number of ether oxygens (including phenoxy) is 1. The molecule has 4 heteroatoms. The summed E-state index contributed by atoms with van der Waals surface area (Å²) in [4.78, 5) is 3.75. The first-order chi connectivity index (χ1) is 12.7. The molecule has 26 heavy (non-hydrogen) atoms. The van der Waals surface area contributed by atoms with Crippen LogP contribution in [0.5, 0.6) is 5.75 Å². The number of thioether (sulfide) groups is 1. The lowest BCUT2D eigenvalue weighted by Gasteiger charge is -2.26. The average Bonchev–Trinajstić information content (AvgIpc) is 2.96. The number of thiocarbonyl (C=S) groups is 1. The predicted octanol–water partition coefficient (Wildman–Crippen LogP) is 6.13. The molecule has 0 spiro atoms. The number of unbranched alkanes of at least 4 members (excludes halogenated alkanes) is 1. The highest BCUT2D eigenvalue weighted by atomic mass is 32.2. The molecule has 3 rings (SSSR count). The number of hydrogen-bond acceptors (Lipinski definition) is 3. The first-order valence-electron chi connectivity index (χ1n) is 9.09. The van der Waals surface area contributed by atoms with Crippen molar-refractivity contribution in [2.45, 2.75) is 38.8 Å². The van der Waals surface area contributed by atoms with Crippen molar-refractivity contribution in [1.29, 1.82) is 0 Å². The Balaban J connectivity index is 1.82. The summed E-state index contributed by atoms with van der Waals surface area (Å²) in [6.45, 7) is 3.09. The first-order valence-corrected chi connectivity index (χ1v) is 10.3. The summed E-state index contributed by atoms with van der Waals surface area (Å²) >= 11 is 7.48. The molecule has 0 radical (unpaired) electrons. The summed E-state index contributed by atoms with van der Waals surface area (Å²) in [6.07, 6.45) is 5.84. The van der Waals surface area contributed by atoms with Gasteiger partial charge >= 0.3 is 0 Å². The monoisotopic (exact) mass is 383 g/mol. The minimum atomic E-state index is 0.370. The molecule has 1 aliphatic rings. The van der Waals surface area contributed by atoms with Gasteiger partial charge in [0.2, 0.25) is 0 Å². The van der Waals surface area contributed by atoms with Gasteiger partial charge in [-0.3, -0.25) is 0 Å². The number of rotatable bonds is 7. The maximum Gasteiger partial charge on any atom is 0.141 e. The van der Waals surface area contributed by atoms with E-state index in [0.29, 0.717) is 6.04 Å². The Bertz CT molecular complexity index is 755. The zero-order valence-corrected chi connectivity index (χ0v) is 17.0. The summed E-state index contributed by atoms with van der Waals surface area (Å²) in [6, 6.07) is 19.2. The molecule has 0 aromatic heterocycles. The van der Waals surface area contributed by atoms with Crippen molar-refractivity contribution in [2.24, 2.45) is 0 Å². The van der Waals surface area contributed by atoms with Crippen LogP contribution in [0.2, 0.25) is 0 Å². The van der Waals surface area contributed by atoms with Crippen LogP contribution in [0.15, 0.2) is 59.5 Å². The van der Waals surface area contributed by atoms with E-state index < -0.39 is 0 Å². The minimum absolute atomic E-state index is 0.370.